The molecule has 0 atom stereocenters. The number of nitrogens with one attached hydrogen (secondary N) is 1. The summed E-state index contributed by atoms with van der Waals surface area (Å²) in [6, 6.07) is 7.57. The lowest BCUT2D eigenvalue weighted by atomic mass is 10.2. The van der Waals surface area contributed by atoms with E-state index in [1.165, 1.54) is 12.8 Å². The normalized spacial score (nSPS) is 13.8. The molecular formula is C17H20N2O3S. The molecule has 122 valence electrons. The molecule has 0 unspecified atom stereocenters. The molecule has 1 aliphatic rings. The minimum Gasteiger partial charge on any atom is -0.497 e. The van der Waals surface area contributed by atoms with Gasteiger partial charge < -0.3 is 14.5 Å². The van der Waals surface area contributed by atoms with Gasteiger partial charge in [-0.2, -0.15) is 0 Å². The van der Waals surface area contributed by atoms with Crippen molar-refractivity contribution in [3.8, 4) is 17.2 Å². The van der Waals surface area contributed by atoms with Crippen molar-refractivity contribution in [3.05, 3.63) is 36.2 Å². The third kappa shape index (κ3) is 4.76. The molecule has 0 aliphatic heterocycles. The van der Waals surface area contributed by atoms with E-state index in [1.807, 2.05) is 24.3 Å². The van der Waals surface area contributed by atoms with Crippen LogP contribution in [-0.2, 0) is 10.5 Å². The van der Waals surface area contributed by atoms with Gasteiger partial charge in [0, 0.05) is 17.9 Å². The van der Waals surface area contributed by atoms with E-state index in [0.29, 0.717) is 23.3 Å². The largest absolute Gasteiger partial charge is 0.497 e. The summed E-state index contributed by atoms with van der Waals surface area (Å²) in [6.07, 6.45) is 4.15. The van der Waals surface area contributed by atoms with E-state index in [2.05, 4.69) is 10.3 Å². The Morgan fingerprint density at radius 2 is 2.17 bits per heavy atom. The fraction of sp³-hybridized carbons (Fsp3) is 0.412. The number of carbonyl (C=O) groups is 1. The summed E-state index contributed by atoms with van der Waals surface area (Å²) in [5.41, 5.74) is 1.75. The summed E-state index contributed by atoms with van der Waals surface area (Å²) in [6.45, 7) is 0.824. The van der Waals surface area contributed by atoms with Crippen molar-refractivity contribution in [2.75, 3.05) is 19.4 Å². The molecule has 0 radical (unpaired) electrons. The predicted octanol–water partition coefficient (Wildman–Crippen LogP) is 3.11. The number of hydrogen-bond acceptors (Lipinski definition) is 5. The number of ether oxygens (including phenoxy) is 1. The van der Waals surface area contributed by atoms with Crippen LogP contribution in [0, 0.1) is 5.92 Å². The molecule has 1 heterocycles. The van der Waals surface area contributed by atoms with Gasteiger partial charge in [-0.3, -0.25) is 4.79 Å². The number of nitrogens with zero attached hydrogens (tertiary/aromatic N) is 1. The Kier molecular flexibility index (Phi) is 5.23. The summed E-state index contributed by atoms with van der Waals surface area (Å²) in [4.78, 5) is 16.1. The molecular weight excluding hydrogens is 312 g/mol. The molecule has 1 amide bonds. The smallest absolute Gasteiger partial charge is 0.230 e. The van der Waals surface area contributed by atoms with Crippen LogP contribution in [0.2, 0.25) is 0 Å². The molecule has 2 aromatic rings. The first-order chi connectivity index (χ1) is 11.2. The van der Waals surface area contributed by atoms with Gasteiger partial charge in [0.2, 0.25) is 11.8 Å². The van der Waals surface area contributed by atoms with Gasteiger partial charge in [-0.1, -0.05) is 0 Å². The minimum absolute atomic E-state index is 0.0979. The zero-order valence-electron chi connectivity index (χ0n) is 13.1. The molecule has 0 saturated heterocycles. The van der Waals surface area contributed by atoms with E-state index >= 15 is 0 Å². The number of methoxy groups -OCH3 is 1. The van der Waals surface area contributed by atoms with Gasteiger partial charge in [0.05, 0.1) is 18.6 Å². The highest BCUT2D eigenvalue weighted by atomic mass is 32.2. The van der Waals surface area contributed by atoms with Gasteiger partial charge in [0.1, 0.15) is 12.0 Å². The van der Waals surface area contributed by atoms with Crippen molar-refractivity contribution in [3.63, 3.8) is 0 Å². The van der Waals surface area contributed by atoms with E-state index in [9.17, 15) is 4.79 Å². The third-order valence-corrected chi connectivity index (χ3v) is 4.62. The van der Waals surface area contributed by atoms with Crippen LogP contribution in [0.4, 0.5) is 0 Å². The molecule has 1 aromatic heterocycles. The van der Waals surface area contributed by atoms with Crippen LogP contribution in [0.25, 0.3) is 11.5 Å². The van der Waals surface area contributed by atoms with Crippen molar-refractivity contribution in [1.82, 2.24) is 10.3 Å². The van der Waals surface area contributed by atoms with E-state index in [1.54, 1.807) is 25.1 Å². The maximum absolute atomic E-state index is 11.7. The van der Waals surface area contributed by atoms with Crippen molar-refractivity contribution in [1.29, 1.82) is 0 Å². The number of thioether (sulfide) groups is 1. The Labute approximate surface area is 139 Å². The lowest BCUT2D eigenvalue weighted by Gasteiger charge is -2.02. The zero-order valence-corrected chi connectivity index (χ0v) is 13.9. The maximum Gasteiger partial charge on any atom is 0.230 e. The van der Waals surface area contributed by atoms with Crippen molar-refractivity contribution >= 4 is 17.7 Å². The lowest BCUT2D eigenvalue weighted by Crippen LogP contribution is -2.27. The van der Waals surface area contributed by atoms with Gasteiger partial charge in [-0.15, -0.1) is 11.8 Å². The number of oxazole rings is 1. The third-order valence-electron chi connectivity index (χ3n) is 3.66. The maximum atomic E-state index is 11.7. The first-order valence-corrected chi connectivity index (χ1v) is 8.83. The highest BCUT2D eigenvalue weighted by molar-refractivity contribution is 7.99. The Balaban J connectivity index is 1.45. The lowest BCUT2D eigenvalue weighted by molar-refractivity contribution is -0.118. The average Bonchev–Trinajstić information content (AvgIpc) is 3.30. The Morgan fingerprint density at radius 1 is 1.39 bits per heavy atom. The second kappa shape index (κ2) is 7.55. The number of benzene rings is 1. The van der Waals surface area contributed by atoms with E-state index in [0.717, 1.165) is 23.6 Å². The minimum atomic E-state index is 0.0979. The average molecular weight is 332 g/mol. The second-order valence-electron chi connectivity index (χ2n) is 5.61. The molecule has 3 rings (SSSR count). The zero-order chi connectivity index (χ0) is 16.1. The fourth-order valence-corrected chi connectivity index (χ4v) is 2.85. The van der Waals surface area contributed by atoms with Crippen molar-refractivity contribution < 1.29 is 13.9 Å². The number of aromatic nitrogens is 1. The number of amides is 1. The van der Waals surface area contributed by atoms with E-state index < -0.39 is 0 Å². The highest BCUT2D eigenvalue weighted by Crippen LogP contribution is 2.27. The van der Waals surface area contributed by atoms with Gasteiger partial charge in [-0.05, 0) is 43.0 Å². The summed E-state index contributed by atoms with van der Waals surface area (Å²) in [5.74, 6) is 3.32. The van der Waals surface area contributed by atoms with Crippen molar-refractivity contribution in [2.45, 2.75) is 18.6 Å². The molecule has 1 saturated carbocycles. The summed E-state index contributed by atoms with van der Waals surface area (Å²) < 4.78 is 10.6. The Bertz CT molecular complexity index is 650. The monoisotopic (exact) mass is 332 g/mol. The van der Waals surface area contributed by atoms with E-state index in [4.69, 9.17) is 9.15 Å². The number of carbonyl (C=O) groups excluding carboxylic acids is 1. The summed E-state index contributed by atoms with van der Waals surface area (Å²) in [7, 11) is 1.64. The van der Waals surface area contributed by atoms with Crippen LogP contribution >= 0.6 is 11.8 Å². The second-order valence-corrected chi connectivity index (χ2v) is 6.60. The topological polar surface area (TPSA) is 64.4 Å². The van der Waals surface area contributed by atoms with Gasteiger partial charge >= 0.3 is 0 Å². The first-order valence-electron chi connectivity index (χ1n) is 7.68. The van der Waals surface area contributed by atoms with Crippen molar-refractivity contribution in [2.24, 2.45) is 5.92 Å². The summed E-state index contributed by atoms with van der Waals surface area (Å²) in [5, 5.41) is 2.96. The van der Waals surface area contributed by atoms with Crippen LogP contribution in [0.1, 0.15) is 18.5 Å². The standard InChI is InChI=1S/C17H20N2O3S/c1-21-15-6-4-13(5-7-15)17-19-14(9-22-17)10-23-11-16(20)18-8-12-2-3-12/h4-7,9,12H,2-3,8,10-11H2,1H3,(H,18,20). The number of rotatable bonds is 8. The molecule has 1 fully saturated rings. The molecule has 0 bridgehead atoms. The molecule has 23 heavy (non-hydrogen) atoms. The van der Waals surface area contributed by atoms with Crippen LogP contribution in [0.5, 0.6) is 5.75 Å². The highest BCUT2D eigenvalue weighted by Gasteiger charge is 2.21. The summed E-state index contributed by atoms with van der Waals surface area (Å²) >= 11 is 1.55. The van der Waals surface area contributed by atoms with Gasteiger partial charge in [0.25, 0.3) is 0 Å². The van der Waals surface area contributed by atoms with E-state index in [-0.39, 0.29) is 5.91 Å². The fourth-order valence-electron chi connectivity index (χ4n) is 2.12. The van der Waals surface area contributed by atoms with Gasteiger partial charge in [-0.25, -0.2) is 4.98 Å². The first kappa shape index (κ1) is 15.9. The van der Waals surface area contributed by atoms with Crippen LogP contribution in [0.3, 0.4) is 0 Å². The Hall–Kier alpha value is -1.95. The molecule has 1 N–H and O–H groups in total. The molecule has 0 spiro atoms. The SMILES string of the molecule is COc1ccc(-c2nc(CSCC(=O)NCC3CC3)co2)cc1. The molecule has 6 heteroatoms. The predicted molar refractivity (Wildman–Crippen MR) is 90.4 cm³/mol. The number of hydrogen-bond donors (Lipinski definition) is 1. The van der Waals surface area contributed by atoms with Crippen LogP contribution in [0.15, 0.2) is 34.9 Å². The molecule has 5 nitrogen and oxygen atoms in total. The molecule has 1 aromatic carbocycles. The Morgan fingerprint density at radius 3 is 2.87 bits per heavy atom. The quantitative estimate of drug-likeness (QED) is 0.805. The molecule has 1 aliphatic carbocycles. The van der Waals surface area contributed by atoms with Crippen LogP contribution in [-0.4, -0.2) is 30.3 Å². The van der Waals surface area contributed by atoms with Crippen LogP contribution < -0.4 is 10.1 Å². The van der Waals surface area contributed by atoms with Gasteiger partial charge in [0.15, 0.2) is 0 Å².